The molecular weight excluding hydrogens is 224 g/mol. The molecule has 0 radical (unpaired) electrons. The van der Waals surface area contributed by atoms with Crippen molar-refractivity contribution in [2.45, 2.75) is 13.2 Å². The van der Waals surface area contributed by atoms with E-state index >= 15 is 0 Å². The Morgan fingerprint density at radius 3 is 2.65 bits per heavy atom. The highest BCUT2D eigenvalue weighted by molar-refractivity contribution is 5.97. The maximum absolute atomic E-state index is 11.8. The second kappa shape index (κ2) is 4.63. The molecular formula is C12H14O5. The fourth-order valence-corrected chi connectivity index (χ4v) is 1.84. The summed E-state index contributed by atoms with van der Waals surface area (Å²) in [5.74, 6) is 0.437. The first-order valence-electron chi connectivity index (χ1n) is 5.30. The zero-order valence-electron chi connectivity index (χ0n) is 9.98. The molecule has 1 aliphatic rings. The first-order valence-corrected chi connectivity index (χ1v) is 5.30. The van der Waals surface area contributed by atoms with Crippen molar-refractivity contribution in [3.8, 4) is 11.5 Å². The summed E-state index contributed by atoms with van der Waals surface area (Å²) in [5.41, 5.74) is 1.06. The lowest BCUT2D eigenvalue weighted by Crippen LogP contribution is -2.03. The highest BCUT2D eigenvalue weighted by atomic mass is 16.7. The third-order valence-corrected chi connectivity index (χ3v) is 2.57. The smallest absolute Gasteiger partial charge is 0.345 e. The van der Waals surface area contributed by atoms with Gasteiger partial charge < -0.3 is 18.9 Å². The van der Waals surface area contributed by atoms with Crippen LogP contribution in [0.3, 0.4) is 0 Å². The van der Waals surface area contributed by atoms with Crippen LogP contribution in [0.25, 0.3) is 0 Å². The molecule has 17 heavy (non-hydrogen) atoms. The number of ether oxygens (including phenoxy) is 4. The van der Waals surface area contributed by atoms with E-state index in [1.807, 2.05) is 6.92 Å². The molecule has 1 atom stereocenters. The zero-order valence-corrected chi connectivity index (χ0v) is 9.98. The molecule has 1 heterocycles. The van der Waals surface area contributed by atoms with E-state index in [4.69, 9.17) is 18.9 Å². The van der Waals surface area contributed by atoms with Gasteiger partial charge in [-0.2, -0.15) is 0 Å². The third kappa shape index (κ3) is 1.82. The second-order valence-corrected chi connectivity index (χ2v) is 3.46. The number of cyclic esters (lactones) is 1. The lowest BCUT2D eigenvalue weighted by molar-refractivity contribution is -0.0993. The monoisotopic (exact) mass is 238 g/mol. The Balaban J connectivity index is 2.51. The van der Waals surface area contributed by atoms with E-state index in [9.17, 15) is 4.79 Å². The lowest BCUT2D eigenvalue weighted by atomic mass is 10.1. The van der Waals surface area contributed by atoms with E-state index in [1.165, 1.54) is 14.2 Å². The summed E-state index contributed by atoms with van der Waals surface area (Å²) in [5, 5.41) is 0. The summed E-state index contributed by atoms with van der Waals surface area (Å²) >= 11 is 0. The number of hydrogen-bond acceptors (Lipinski definition) is 5. The van der Waals surface area contributed by atoms with Crippen LogP contribution in [0, 0.1) is 0 Å². The van der Waals surface area contributed by atoms with Crippen molar-refractivity contribution in [1.82, 2.24) is 0 Å². The van der Waals surface area contributed by atoms with Crippen LogP contribution >= 0.6 is 0 Å². The van der Waals surface area contributed by atoms with Gasteiger partial charge in [0.1, 0.15) is 5.56 Å². The number of benzene rings is 1. The van der Waals surface area contributed by atoms with Gasteiger partial charge in [0.25, 0.3) is 0 Å². The number of hydrogen-bond donors (Lipinski definition) is 0. The quantitative estimate of drug-likeness (QED) is 0.750. The molecule has 2 rings (SSSR count). The predicted molar refractivity (Wildman–Crippen MR) is 59.3 cm³/mol. The molecule has 0 fully saturated rings. The van der Waals surface area contributed by atoms with Crippen molar-refractivity contribution < 1.29 is 23.7 Å². The summed E-state index contributed by atoms with van der Waals surface area (Å²) in [4.78, 5) is 11.8. The van der Waals surface area contributed by atoms with Crippen LogP contribution in [0.2, 0.25) is 0 Å². The minimum absolute atomic E-state index is 0.380. The third-order valence-electron chi connectivity index (χ3n) is 2.57. The highest BCUT2D eigenvalue weighted by Crippen LogP contribution is 2.42. The van der Waals surface area contributed by atoms with Crippen LogP contribution < -0.4 is 9.47 Å². The average Bonchev–Trinajstić information content (AvgIpc) is 2.66. The minimum Gasteiger partial charge on any atom is -0.493 e. The number of methoxy groups -OCH3 is 2. The van der Waals surface area contributed by atoms with Crippen molar-refractivity contribution >= 4 is 5.97 Å². The fourth-order valence-electron chi connectivity index (χ4n) is 1.84. The van der Waals surface area contributed by atoms with Gasteiger partial charge in [-0.1, -0.05) is 0 Å². The van der Waals surface area contributed by atoms with Gasteiger partial charge in [-0.15, -0.1) is 0 Å². The molecule has 0 N–H and O–H groups in total. The minimum atomic E-state index is -0.651. The standard InChI is InChI=1S/C12H14O5/c1-4-16-12-7-5-6-8(14-2)10(15-3)9(7)11(13)17-12/h5-6,12H,4H2,1-3H3/t12-/m1/s1. The molecule has 0 aliphatic carbocycles. The van der Waals surface area contributed by atoms with Crippen molar-refractivity contribution in [3.63, 3.8) is 0 Å². The van der Waals surface area contributed by atoms with E-state index < -0.39 is 12.3 Å². The Morgan fingerprint density at radius 2 is 2.06 bits per heavy atom. The molecule has 92 valence electrons. The molecule has 0 aromatic heterocycles. The summed E-state index contributed by atoms with van der Waals surface area (Å²) in [6, 6.07) is 3.48. The molecule has 1 aromatic rings. The first kappa shape index (κ1) is 11.7. The maximum atomic E-state index is 11.8. The normalized spacial score (nSPS) is 17.6. The Kier molecular flexibility index (Phi) is 3.19. The van der Waals surface area contributed by atoms with Gasteiger partial charge >= 0.3 is 5.97 Å². The van der Waals surface area contributed by atoms with Crippen LogP contribution in [0.15, 0.2) is 12.1 Å². The van der Waals surface area contributed by atoms with Gasteiger partial charge in [-0.25, -0.2) is 4.79 Å². The Labute approximate surface area is 99.2 Å². The van der Waals surface area contributed by atoms with Crippen molar-refractivity contribution in [1.29, 1.82) is 0 Å². The summed E-state index contributed by atoms with van der Waals surface area (Å²) in [7, 11) is 3.00. The molecule has 0 saturated carbocycles. The Hall–Kier alpha value is -1.75. The van der Waals surface area contributed by atoms with Crippen LogP contribution in [0.1, 0.15) is 29.1 Å². The van der Waals surface area contributed by atoms with Gasteiger partial charge in [0.05, 0.1) is 14.2 Å². The van der Waals surface area contributed by atoms with E-state index in [2.05, 4.69) is 0 Å². The molecule has 0 amide bonds. The number of esters is 1. The number of fused-ring (bicyclic) bond motifs is 1. The van der Waals surface area contributed by atoms with Crippen LogP contribution in [0.4, 0.5) is 0 Å². The highest BCUT2D eigenvalue weighted by Gasteiger charge is 2.36. The van der Waals surface area contributed by atoms with E-state index in [1.54, 1.807) is 12.1 Å². The molecule has 5 nitrogen and oxygen atoms in total. The lowest BCUT2D eigenvalue weighted by Gasteiger charge is -2.11. The number of rotatable bonds is 4. The topological polar surface area (TPSA) is 54.0 Å². The summed E-state index contributed by atoms with van der Waals surface area (Å²) in [6.45, 7) is 2.30. The molecule has 0 unspecified atom stereocenters. The molecule has 5 heteroatoms. The number of carbonyl (C=O) groups is 1. The second-order valence-electron chi connectivity index (χ2n) is 3.46. The van der Waals surface area contributed by atoms with Gasteiger partial charge in [-0.05, 0) is 19.1 Å². The van der Waals surface area contributed by atoms with Crippen molar-refractivity contribution in [2.75, 3.05) is 20.8 Å². The summed E-state index contributed by atoms with van der Waals surface area (Å²) < 4.78 is 20.8. The van der Waals surface area contributed by atoms with E-state index in [-0.39, 0.29) is 0 Å². The van der Waals surface area contributed by atoms with Gasteiger partial charge in [-0.3, -0.25) is 0 Å². The molecule has 1 aromatic carbocycles. The fraction of sp³-hybridized carbons (Fsp3) is 0.417. The predicted octanol–water partition coefficient (Wildman–Crippen LogP) is 1.91. The van der Waals surface area contributed by atoms with E-state index in [0.717, 1.165) is 0 Å². The largest absolute Gasteiger partial charge is 0.493 e. The molecule has 0 saturated heterocycles. The van der Waals surface area contributed by atoms with Gasteiger partial charge in [0, 0.05) is 12.2 Å². The molecule has 0 bridgehead atoms. The van der Waals surface area contributed by atoms with Crippen LogP contribution in [-0.2, 0) is 9.47 Å². The van der Waals surface area contributed by atoms with Crippen molar-refractivity contribution in [2.24, 2.45) is 0 Å². The first-order chi connectivity index (χ1) is 8.22. The molecule has 0 spiro atoms. The van der Waals surface area contributed by atoms with E-state index in [0.29, 0.717) is 29.2 Å². The van der Waals surface area contributed by atoms with Gasteiger partial charge in [0.2, 0.25) is 6.29 Å². The summed E-state index contributed by atoms with van der Waals surface area (Å²) in [6.07, 6.45) is -0.651. The molecule has 1 aliphatic heterocycles. The Morgan fingerprint density at radius 1 is 1.29 bits per heavy atom. The van der Waals surface area contributed by atoms with Gasteiger partial charge in [0.15, 0.2) is 11.5 Å². The SMILES string of the molecule is CCO[C@@H]1OC(=O)c2c1ccc(OC)c2OC. The van der Waals surface area contributed by atoms with Crippen molar-refractivity contribution in [3.05, 3.63) is 23.3 Å². The Bertz CT molecular complexity index is 441. The maximum Gasteiger partial charge on any atom is 0.345 e. The zero-order chi connectivity index (χ0) is 12.4. The van der Waals surface area contributed by atoms with Crippen LogP contribution in [-0.4, -0.2) is 26.8 Å². The van der Waals surface area contributed by atoms with Crippen LogP contribution in [0.5, 0.6) is 11.5 Å². The average molecular weight is 238 g/mol. The number of carbonyl (C=O) groups excluding carboxylic acids is 1.